The molecule has 0 aliphatic carbocycles. The van der Waals surface area contributed by atoms with Crippen LogP contribution in [0.2, 0.25) is 0 Å². The summed E-state index contributed by atoms with van der Waals surface area (Å²) in [6.45, 7) is 1.81. The second kappa shape index (κ2) is 3.78. The summed E-state index contributed by atoms with van der Waals surface area (Å²) in [5.74, 6) is 0.643. The van der Waals surface area contributed by atoms with E-state index in [2.05, 4.69) is 9.97 Å². The molecule has 3 aromatic rings. The number of nitrogens with zero attached hydrogens (tertiary/aromatic N) is 2. The summed E-state index contributed by atoms with van der Waals surface area (Å²) in [4.78, 5) is 19.0. The van der Waals surface area contributed by atoms with Gasteiger partial charge in [-0.25, -0.2) is 9.97 Å². The molecule has 0 radical (unpaired) electrons. The summed E-state index contributed by atoms with van der Waals surface area (Å²) in [6, 6.07) is 5.71. The van der Waals surface area contributed by atoms with Crippen molar-refractivity contribution in [2.45, 2.75) is 6.92 Å². The van der Waals surface area contributed by atoms with Gasteiger partial charge in [-0.15, -0.1) is 11.3 Å². The van der Waals surface area contributed by atoms with Crippen LogP contribution in [-0.2, 0) is 0 Å². The minimum atomic E-state index is 0.457. The summed E-state index contributed by atoms with van der Waals surface area (Å²) in [5.41, 5.74) is 2.96. The summed E-state index contributed by atoms with van der Waals surface area (Å²) >= 11 is 1.44. The van der Waals surface area contributed by atoms with Crippen LogP contribution in [0.4, 0.5) is 0 Å². The van der Waals surface area contributed by atoms with Crippen LogP contribution in [0.25, 0.3) is 21.7 Å². The van der Waals surface area contributed by atoms with Gasteiger partial charge in [-0.3, -0.25) is 4.79 Å². The van der Waals surface area contributed by atoms with Crippen LogP contribution in [0.3, 0.4) is 0 Å². The van der Waals surface area contributed by atoms with Crippen molar-refractivity contribution in [2.75, 3.05) is 0 Å². The smallest absolute Gasteiger partial charge is 0.192 e. The first kappa shape index (κ1) is 10.2. The number of hydrogen-bond acceptors (Lipinski definition) is 5. The third-order valence-electron chi connectivity index (χ3n) is 2.39. The molecule has 0 amide bonds. The fourth-order valence-corrected chi connectivity index (χ4v) is 2.41. The maximum Gasteiger partial charge on any atom is 0.192 e. The molecular formula is C12H8N2O2S. The fourth-order valence-electron chi connectivity index (χ4n) is 1.65. The number of hydrogen-bond donors (Lipinski definition) is 0. The molecule has 4 nitrogen and oxygen atoms in total. The quantitative estimate of drug-likeness (QED) is 0.650. The van der Waals surface area contributed by atoms with E-state index in [1.807, 2.05) is 25.1 Å². The Labute approximate surface area is 101 Å². The first-order valence-corrected chi connectivity index (χ1v) is 5.92. The molecule has 0 saturated heterocycles. The van der Waals surface area contributed by atoms with E-state index in [1.165, 1.54) is 11.3 Å². The lowest BCUT2D eigenvalue weighted by Gasteiger charge is -1.94. The number of aryl methyl sites for hydroxylation is 1. The predicted octanol–water partition coefficient (Wildman–Crippen LogP) is 3.07. The molecule has 84 valence electrons. The SMILES string of the molecule is Cc1nc2ccc(-c3nc(C=O)cs3)cc2o1. The highest BCUT2D eigenvalue weighted by atomic mass is 32.1. The molecule has 1 aromatic carbocycles. The molecular weight excluding hydrogens is 236 g/mol. The Hall–Kier alpha value is -2.01. The molecule has 3 rings (SSSR count). The molecule has 0 N–H and O–H groups in total. The van der Waals surface area contributed by atoms with E-state index in [0.29, 0.717) is 11.6 Å². The van der Waals surface area contributed by atoms with Crippen molar-refractivity contribution in [1.29, 1.82) is 0 Å². The fraction of sp³-hybridized carbons (Fsp3) is 0.0833. The normalized spacial score (nSPS) is 10.9. The second-order valence-electron chi connectivity index (χ2n) is 3.61. The number of benzene rings is 1. The van der Waals surface area contributed by atoms with Crippen LogP contribution in [-0.4, -0.2) is 16.3 Å². The zero-order chi connectivity index (χ0) is 11.8. The summed E-state index contributed by atoms with van der Waals surface area (Å²) < 4.78 is 5.46. The van der Waals surface area contributed by atoms with Gasteiger partial charge in [0.05, 0.1) is 0 Å². The first-order valence-electron chi connectivity index (χ1n) is 5.04. The number of oxazole rings is 1. The van der Waals surface area contributed by atoms with Crippen molar-refractivity contribution in [1.82, 2.24) is 9.97 Å². The number of aromatic nitrogens is 2. The van der Waals surface area contributed by atoms with Gasteiger partial charge in [0.15, 0.2) is 17.8 Å². The Morgan fingerprint density at radius 2 is 2.24 bits per heavy atom. The van der Waals surface area contributed by atoms with Gasteiger partial charge in [-0.2, -0.15) is 0 Å². The lowest BCUT2D eigenvalue weighted by Crippen LogP contribution is -1.80. The Morgan fingerprint density at radius 3 is 3.00 bits per heavy atom. The number of aldehydes is 1. The van der Waals surface area contributed by atoms with Gasteiger partial charge in [-0.1, -0.05) is 0 Å². The third kappa shape index (κ3) is 1.74. The van der Waals surface area contributed by atoms with Crippen LogP contribution in [0.5, 0.6) is 0 Å². The predicted molar refractivity (Wildman–Crippen MR) is 65.2 cm³/mol. The highest BCUT2D eigenvalue weighted by molar-refractivity contribution is 7.13. The molecule has 0 fully saturated rings. The van der Waals surface area contributed by atoms with Gasteiger partial charge < -0.3 is 4.42 Å². The molecule has 5 heteroatoms. The molecule has 17 heavy (non-hydrogen) atoms. The molecule has 0 aliphatic rings. The van der Waals surface area contributed by atoms with Crippen LogP contribution in [0, 0.1) is 6.92 Å². The van der Waals surface area contributed by atoms with Gasteiger partial charge in [0.25, 0.3) is 0 Å². The Bertz CT molecular complexity index is 699. The summed E-state index contributed by atoms with van der Waals surface area (Å²) in [7, 11) is 0. The lowest BCUT2D eigenvalue weighted by atomic mass is 10.2. The summed E-state index contributed by atoms with van der Waals surface area (Å²) in [6.07, 6.45) is 0.747. The third-order valence-corrected chi connectivity index (χ3v) is 3.29. The van der Waals surface area contributed by atoms with Gasteiger partial charge >= 0.3 is 0 Å². The monoisotopic (exact) mass is 244 g/mol. The van der Waals surface area contributed by atoms with E-state index in [0.717, 1.165) is 28.0 Å². The standard InChI is InChI=1S/C12H8N2O2S/c1-7-13-10-3-2-8(4-11(10)16-7)12-14-9(5-15)6-17-12/h2-6H,1H3. The van der Waals surface area contributed by atoms with Gasteiger partial charge in [0.1, 0.15) is 16.2 Å². The molecule has 0 aliphatic heterocycles. The van der Waals surface area contributed by atoms with E-state index in [1.54, 1.807) is 5.38 Å². The van der Waals surface area contributed by atoms with Gasteiger partial charge in [0.2, 0.25) is 0 Å². The van der Waals surface area contributed by atoms with Crippen LogP contribution in [0.15, 0.2) is 28.0 Å². The number of carbonyl (C=O) groups excluding carboxylic acids is 1. The highest BCUT2D eigenvalue weighted by Crippen LogP contribution is 2.27. The number of rotatable bonds is 2. The lowest BCUT2D eigenvalue weighted by molar-refractivity contribution is 0.111. The number of carbonyl (C=O) groups is 1. The maximum atomic E-state index is 10.6. The first-order chi connectivity index (χ1) is 8.26. The van der Waals surface area contributed by atoms with Crippen molar-refractivity contribution in [2.24, 2.45) is 0 Å². The van der Waals surface area contributed by atoms with Crippen molar-refractivity contribution in [3.05, 3.63) is 35.2 Å². The minimum Gasteiger partial charge on any atom is -0.441 e. The Kier molecular flexibility index (Phi) is 2.26. The van der Waals surface area contributed by atoms with Crippen LogP contribution >= 0.6 is 11.3 Å². The number of fused-ring (bicyclic) bond motifs is 1. The zero-order valence-corrected chi connectivity index (χ0v) is 9.82. The Morgan fingerprint density at radius 1 is 1.35 bits per heavy atom. The Balaban J connectivity index is 2.13. The summed E-state index contributed by atoms with van der Waals surface area (Å²) in [5, 5.41) is 2.54. The molecule has 0 unspecified atom stereocenters. The number of thiazole rings is 1. The van der Waals surface area contributed by atoms with E-state index in [9.17, 15) is 4.79 Å². The van der Waals surface area contributed by atoms with E-state index in [4.69, 9.17) is 4.42 Å². The molecule has 0 bridgehead atoms. The van der Waals surface area contributed by atoms with Crippen molar-refractivity contribution in [3.8, 4) is 10.6 Å². The van der Waals surface area contributed by atoms with Crippen molar-refractivity contribution in [3.63, 3.8) is 0 Å². The second-order valence-corrected chi connectivity index (χ2v) is 4.47. The molecule has 0 atom stereocenters. The van der Waals surface area contributed by atoms with E-state index in [-0.39, 0.29) is 0 Å². The largest absolute Gasteiger partial charge is 0.441 e. The van der Waals surface area contributed by atoms with Crippen LogP contribution < -0.4 is 0 Å². The zero-order valence-electron chi connectivity index (χ0n) is 9.01. The van der Waals surface area contributed by atoms with Gasteiger partial charge in [-0.05, 0) is 18.2 Å². The molecule has 2 heterocycles. The average molecular weight is 244 g/mol. The highest BCUT2D eigenvalue weighted by Gasteiger charge is 2.07. The minimum absolute atomic E-state index is 0.457. The molecule has 0 saturated carbocycles. The topological polar surface area (TPSA) is 56.0 Å². The molecule has 2 aromatic heterocycles. The van der Waals surface area contributed by atoms with E-state index < -0.39 is 0 Å². The average Bonchev–Trinajstić information content (AvgIpc) is 2.92. The maximum absolute atomic E-state index is 10.6. The van der Waals surface area contributed by atoms with Gasteiger partial charge in [0, 0.05) is 17.9 Å². The van der Waals surface area contributed by atoms with Crippen molar-refractivity contribution < 1.29 is 9.21 Å². The van der Waals surface area contributed by atoms with Crippen molar-refractivity contribution >= 4 is 28.7 Å². The van der Waals surface area contributed by atoms with Crippen LogP contribution in [0.1, 0.15) is 16.4 Å². The molecule has 0 spiro atoms. The van der Waals surface area contributed by atoms with E-state index >= 15 is 0 Å².